The average molecular weight is 375 g/mol. The molecular formula is C14H19BrN2O3S. The second kappa shape index (κ2) is 6.87. The fourth-order valence-electron chi connectivity index (χ4n) is 2.54. The van der Waals surface area contributed by atoms with Crippen LogP contribution in [0.15, 0.2) is 16.7 Å². The van der Waals surface area contributed by atoms with E-state index >= 15 is 0 Å². The quantitative estimate of drug-likeness (QED) is 0.859. The molecule has 5 nitrogen and oxygen atoms in total. The van der Waals surface area contributed by atoms with E-state index in [0.29, 0.717) is 18.0 Å². The van der Waals surface area contributed by atoms with E-state index < -0.39 is 12.0 Å². The minimum atomic E-state index is -0.928. The van der Waals surface area contributed by atoms with Gasteiger partial charge >= 0.3 is 5.97 Å². The number of carbonyl (C=O) groups excluding carboxylic acids is 1. The van der Waals surface area contributed by atoms with Gasteiger partial charge in [0.2, 0.25) is 0 Å². The summed E-state index contributed by atoms with van der Waals surface area (Å²) >= 11 is 4.94. The van der Waals surface area contributed by atoms with Gasteiger partial charge in [0, 0.05) is 23.0 Å². The topological polar surface area (TPSA) is 62.5 Å². The van der Waals surface area contributed by atoms with Crippen molar-refractivity contribution in [3.8, 4) is 0 Å². The van der Waals surface area contributed by atoms with Crippen LogP contribution in [0.5, 0.6) is 0 Å². The fraction of sp³-hybridized carbons (Fsp3) is 0.571. The van der Waals surface area contributed by atoms with E-state index in [0.717, 1.165) is 17.3 Å². The number of hydrogen-bond donors (Lipinski definition) is 1. The molecule has 0 saturated carbocycles. The molecule has 21 heavy (non-hydrogen) atoms. The number of aryl methyl sites for hydroxylation is 1. The molecule has 1 amide bonds. The van der Waals surface area contributed by atoms with Gasteiger partial charge in [-0.3, -0.25) is 4.79 Å². The Labute approximate surface area is 136 Å². The molecule has 1 aliphatic rings. The molecule has 116 valence electrons. The van der Waals surface area contributed by atoms with Gasteiger partial charge in [-0.2, -0.15) is 0 Å². The zero-order chi connectivity index (χ0) is 15.6. The first-order chi connectivity index (χ1) is 9.99. The third-order valence-electron chi connectivity index (χ3n) is 3.57. The lowest BCUT2D eigenvalue weighted by Gasteiger charge is -2.27. The number of thioether (sulfide) groups is 1. The van der Waals surface area contributed by atoms with Crippen molar-refractivity contribution in [1.29, 1.82) is 0 Å². The van der Waals surface area contributed by atoms with Gasteiger partial charge in [0.1, 0.15) is 11.7 Å². The van der Waals surface area contributed by atoms with Crippen molar-refractivity contribution >= 4 is 39.6 Å². The highest BCUT2D eigenvalue weighted by molar-refractivity contribution is 9.10. The van der Waals surface area contributed by atoms with Crippen LogP contribution in [0.1, 0.15) is 37.2 Å². The first kappa shape index (κ1) is 16.4. The highest BCUT2D eigenvalue weighted by Gasteiger charge is 2.42. The lowest BCUT2D eigenvalue weighted by Crippen LogP contribution is -2.46. The Morgan fingerprint density at radius 2 is 2.19 bits per heavy atom. The number of aliphatic carboxylic acids is 1. The standard InChI is InChI=1S/C14H19BrN2O3S/c1-3-5-12-17(11(8-21-12)14(19)20)13(18)10-6-9(15)7-16(10)4-2/h6-7,11-12H,3-5,8H2,1-2H3,(H,19,20). The summed E-state index contributed by atoms with van der Waals surface area (Å²) in [5.74, 6) is -0.666. The maximum Gasteiger partial charge on any atom is 0.327 e. The second-order valence-electron chi connectivity index (χ2n) is 4.97. The van der Waals surface area contributed by atoms with Crippen LogP contribution in [-0.2, 0) is 11.3 Å². The Kier molecular flexibility index (Phi) is 5.37. The van der Waals surface area contributed by atoms with Gasteiger partial charge in [-0.15, -0.1) is 11.8 Å². The smallest absolute Gasteiger partial charge is 0.327 e. The summed E-state index contributed by atoms with van der Waals surface area (Å²) in [5, 5.41) is 9.32. The Morgan fingerprint density at radius 1 is 1.48 bits per heavy atom. The lowest BCUT2D eigenvalue weighted by molar-refractivity contribution is -0.141. The normalized spacial score (nSPS) is 21.8. The summed E-state index contributed by atoms with van der Waals surface area (Å²) in [6.07, 6.45) is 3.58. The van der Waals surface area contributed by atoms with Gasteiger partial charge in [0.15, 0.2) is 0 Å². The van der Waals surface area contributed by atoms with Gasteiger partial charge in [-0.05, 0) is 35.3 Å². The van der Waals surface area contributed by atoms with Crippen LogP contribution in [0.3, 0.4) is 0 Å². The monoisotopic (exact) mass is 374 g/mol. The third-order valence-corrected chi connectivity index (χ3v) is 5.36. The highest BCUT2D eigenvalue weighted by atomic mass is 79.9. The molecule has 0 aromatic carbocycles. The lowest BCUT2D eigenvalue weighted by atomic mass is 10.2. The van der Waals surface area contributed by atoms with Crippen LogP contribution in [-0.4, -0.2) is 43.6 Å². The molecule has 0 radical (unpaired) electrons. The number of carboxylic acids is 1. The predicted octanol–water partition coefficient (Wildman–Crippen LogP) is 3.04. The van der Waals surface area contributed by atoms with Gasteiger partial charge < -0.3 is 14.6 Å². The molecule has 1 aliphatic heterocycles. The molecule has 0 bridgehead atoms. The summed E-state index contributed by atoms with van der Waals surface area (Å²) in [6.45, 7) is 4.67. The van der Waals surface area contributed by atoms with Crippen LogP contribution in [0.25, 0.3) is 0 Å². The predicted molar refractivity (Wildman–Crippen MR) is 86.6 cm³/mol. The Morgan fingerprint density at radius 3 is 2.76 bits per heavy atom. The Balaban J connectivity index is 2.34. The molecule has 0 spiro atoms. The number of amides is 1. The molecule has 1 aromatic heterocycles. The average Bonchev–Trinajstić information content (AvgIpc) is 3.02. The van der Waals surface area contributed by atoms with Crippen molar-refractivity contribution in [3.63, 3.8) is 0 Å². The van der Waals surface area contributed by atoms with Crippen LogP contribution in [0.2, 0.25) is 0 Å². The van der Waals surface area contributed by atoms with E-state index in [4.69, 9.17) is 0 Å². The highest BCUT2D eigenvalue weighted by Crippen LogP contribution is 2.34. The van der Waals surface area contributed by atoms with Gasteiger partial charge in [0.25, 0.3) is 5.91 Å². The summed E-state index contributed by atoms with van der Waals surface area (Å²) in [7, 11) is 0. The summed E-state index contributed by atoms with van der Waals surface area (Å²) in [5.41, 5.74) is 0.541. The number of halogens is 1. The van der Waals surface area contributed by atoms with Gasteiger partial charge in [0.05, 0.1) is 5.37 Å². The van der Waals surface area contributed by atoms with Crippen molar-refractivity contribution in [2.45, 2.75) is 44.6 Å². The molecule has 1 saturated heterocycles. The Hall–Kier alpha value is -0.950. The van der Waals surface area contributed by atoms with E-state index in [9.17, 15) is 14.7 Å². The number of aromatic nitrogens is 1. The zero-order valence-electron chi connectivity index (χ0n) is 12.1. The minimum absolute atomic E-state index is 0.0532. The maximum absolute atomic E-state index is 12.8. The molecular weight excluding hydrogens is 356 g/mol. The first-order valence-corrected chi connectivity index (χ1v) is 8.86. The van der Waals surface area contributed by atoms with Gasteiger partial charge in [-0.25, -0.2) is 4.79 Å². The molecule has 1 aromatic rings. The maximum atomic E-state index is 12.8. The molecule has 2 unspecified atom stereocenters. The number of carboxylic acid groups (broad SMARTS) is 1. The van der Waals surface area contributed by atoms with Crippen LogP contribution < -0.4 is 0 Å². The molecule has 1 fully saturated rings. The van der Waals surface area contributed by atoms with E-state index in [-0.39, 0.29) is 11.3 Å². The SMILES string of the molecule is CCCC1SCC(C(=O)O)N1C(=O)c1cc(Br)cn1CC. The molecule has 1 N–H and O–H groups in total. The fourth-order valence-corrected chi connectivity index (χ4v) is 4.52. The Bertz CT molecular complexity index is 546. The third kappa shape index (κ3) is 3.29. The largest absolute Gasteiger partial charge is 0.480 e. The van der Waals surface area contributed by atoms with Crippen molar-refractivity contribution < 1.29 is 14.7 Å². The summed E-state index contributed by atoms with van der Waals surface area (Å²) < 4.78 is 2.68. The molecule has 2 heterocycles. The van der Waals surface area contributed by atoms with Crippen LogP contribution >= 0.6 is 27.7 Å². The molecule has 2 atom stereocenters. The van der Waals surface area contributed by atoms with Crippen molar-refractivity contribution in [1.82, 2.24) is 9.47 Å². The summed E-state index contributed by atoms with van der Waals surface area (Å²) in [6, 6.07) is 1.02. The number of nitrogens with zero attached hydrogens (tertiary/aromatic N) is 2. The summed E-state index contributed by atoms with van der Waals surface area (Å²) in [4.78, 5) is 25.8. The van der Waals surface area contributed by atoms with Crippen molar-refractivity contribution in [2.24, 2.45) is 0 Å². The zero-order valence-corrected chi connectivity index (χ0v) is 14.5. The molecule has 2 rings (SSSR count). The number of hydrogen-bond acceptors (Lipinski definition) is 3. The van der Waals surface area contributed by atoms with E-state index in [1.165, 1.54) is 0 Å². The van der Waals surface area contributed by atoms with E-state index in [2.05, 4.69) is 15.9 Å². The van der Waals surface area contributed by atoms with Gasteiger partial charge in [-0.1, -0.05) is 13.3 Å². The minimum Gasteiger partial charge on any atom is -0.480 e. The van der Waals surface area contributed by atoms with Crippen LogP contribution in [0, 0.1) is 0 Å². The first-order valence-electron chi connectivity index (χ1n) is 7.02. The molecule has 0 aliphatic carbocycles. The number of carbonyl (C=O) groups is 2. The molecule has 7 heteroatoms. The second-order valence-corrected chi connectivity index (χ2v) is 7.10. The van der Waals surface area contributed by atoms with Crippen LogP contribution in [0.4, 0.5) is 0 Å². The van der Waals surface area contributed by atoms with E-state index in [1.807, 2.05) is 24.6 Å². The van der Waals surface area contributed by atoms with Crippen molar-refractivity contribution in [3.05, 3.63) is 22.4 Å². The van der Waals surface area contributed by atoms with Crippen molar-refractivity contribution in [2.75, 3.05) is 5.75 Å². The number of rotatable bonds is 5. The van der Waals surface area contributed by atoms with E-state index in [1.54, 1.807) is 22.7 Å².